The van der Waals surface area contributed by atoms with Crippen LogP contribution in [0.3, 0.4) is 0 Å². The van der Waals surface area contributed by atoms with Crippen LogP contribution in [-0.4, -0.2) is 101 Å². The number of benzene rings is 2. The predicted molar refractivity (Wildman–Crippen MR) is 243 cm³/mol. The third kappa shape index (κ3) is 10.3. The van der Waals surface area contributed by atoms with Gasteiger partial charge in [0.05, 0.1) is 42.7 Å². The summed E-state index contributed by atoms with van der Waals surface area (Å²) >= 11 is 0. The lowest BCUT2D eigenvalue weighted by atomic mass is 9.84. The summed E-state index contributed by atoms with van der Waals surface area (Å²) in [5.74, 6) is -2.53. The number of esters is 1. The highest BCUT2D eigenvalue weighted by Gasteiger charge is 2.38. The molecule has 2 N–H and O–H groups in total. The molecular formula is C50H62F2N6O7. The number of ether oxygens (including phenoxy) is 3. The first kappa shape index (κ1) is 47.5. The number of hydrazine groups is 1. The van der Waals surface area contributed by atoms with Crippen molar-refractivity contribution in [3.63, 3.8) is 0 Å². The fourth-order valence-electron chi connectivity index (χ4n) is 9.18. The van der Waals surface area contributed by atoms with Crippen LogP contribution in [0.25, 0.3) is 33.3 Å². The topological polar surface area (TPSA) is 144 Å². The van der Waals surface area contributed by atoms with E-state index >= 15 is 0 Å². The molecule has 2 aromatic carbocycles. The van der Waals surface area contributed by atoms with E-state index in [0.717, 1.165) is 33.4 Å². The zero-order valence-corrected chi connectivity index (χ0v) is 38.5. The molecule has 348 valence electrons. The molecule has 2 aromatic heterocycles. The molecule has 4 aromatic rings. The first-order valence-corrected chi connectivity index (χ1v) is 22.6. The number of aryl methyl sites for hydroxylation is 1. The van der Waals surface area contributed by atoms with E-state index in [-0.39, 0.29) is 55.8 Å². The van der Waals surface area contributed by atoms with Gasteiger partial charge in [0, 0.05) is 73.4 Å². The molecule has 1 unspecified atom stereocenters. The van der Waals surface area contributed by atoms with E-state index in [1.165, 1.54) is 23.2 Å². The summed E-state index contributed by atoms with van der Waals surface area (Å²) in [6.45, 7) is 17.1. The van der Waals surface area contributed by atoms with E-state index in [2.05, 4.69) is 28.8 Å². The van der Waals surface area contributed by atoms with Crippen LogP contribution in [0, 0.1) is 17.3 Å². The van der Waals surface area contributed by atoms with Gasteiger partial charge in [0.15, 0.2) is 0 Å². The number of pyridine rings is 1. The van der Waals surface area contributed by atoms with E-state index in [4.69, 9.17) is 19.2 Å². The molecule has 65 heavy (non-hydrogen) atoms. The molecule has 13 nitrogen and oxygen atoms in total. The second kappa shape index (κ2) is 19.9. The van der Waals surface area contributed by atoms with Crippen LogP contribution in [0.5, 0.6) is 0 Å². The summed E-state index contributed by atoms with van der Waals surface area (Å²) < 4.78 is 50.0. The molecule has 5 heterocycles. The fourth-order valence-corrected chi connectivity index (χ4v) is 9.18. The Kier molecular flexibility index (Phi) is 14.5. The van der Waals surface area contributed by atoms with Crippen molar-refractivity contribution >= 4 is 34.6 Å². The first-order valence-electron chi connectivity index (χ1n) is 22.6. The molecule has 3 amide bonds. The number of rotatable bonds is 12. The number of carbonyl (C=O) groups excluding carboxylic acids is 4. The van der Waals surface area contributed by atoms with Crippen LogP contribution in [0.4, 0.5) is 8.78 Å². The largest absolute Gasteiger partial charge is 0.464 e. The van der Waals surface area contributed by atoms with Crippen molar-refractivity contribution in [1.82, 2.24) is 30.2 Å². The van der Waals surface area contributed by atoms with Crippen molar-refractivity contribution in [2.45, 2.75) is 104 Å². The normalized spacial score (nSPS) is 20.3. The van der Waals surface area contributed by atoms with Crippen LogP contribution in [0.15, 0.2) is 67.4 Å². The summed E-state index contributed by atoms with van der Waals surface area (Å²) in [5, 5.41) is 5.23. The van der Waals surface area contributed by atoms with Crippen LogP contribution in [0.1, 0.15) is 89.3 Å². The SMILES string of the molecule is C=CC(=O)N1CC(OCC(C(=O)N[C@H]2Cc3cc(cc(C(F)F)c3)-c3ccc4c(c3)c(c(-c3cccnc3[C@H](C)OC)n4CC)CC(C)(C)COC(=O)[C@@H]3CCCN(N3)C2=O)C(C)C)C1. The number of amides is 3. The Morgan fingerprint density at radius 1 is 1.09 bits per heavy atom. The van der Waals surface area contributed by atoms with Crippen molar-refractivity contribution in [2.24, 2.45) is 17.3 Å². The third-order valence-electron chi connectivity index (χ3n) is 13.0. The minimum Gasteiger partial charge on any atom is -0.464 e. The van der Waals surface area contributed by atoms with Gasteiger partial charge < -0.3 is 29.0 Å². The number of halogens is 2. The monoisotopic (exact) mass is 896 g/mol. The lowest BCUT2D eigenvalue weighted by Crippen LogP contribution is -2.61. The van der Waals surface area contributed by atoms with Gasteiger partial charge in [0.25, 0.3) is 12.3 Å². The molecule has 0 radical (unpaired) electrons. The summed E-state index contributed by atoms with van der Waals surface area (Å²) in [4.78, 5) is 61.1. The molecule has 3 aliphatic heterocycles. The highest BCUT2D eigenvalue weighted by atomic mass is 19.3. The van der Waals surface area contributed by atoms with Crippen molar-refractivity contribution in [3.8, 4) is 22.4 Å². The number of carbonyl (C=O) groups is 4. The zero-order chi connectivity index (χ0) is 46.7. The number of aromatic nitrogens is 2. The molecule has 3 aliphatic rings. The summed E-state index contributed by atoms with van der Waals surface area (Å²) in [5.41, 5.74) is 8.48. The van der Waals surface area contributed by atoms with E-state index in [1.807, 2.05) is 71.0 Å². The number of nitrogens with one attached hydrogen (secondary N) is 2. The number of alkyl halides is 2. The maximum atomic E-state index is 14.9. The van der Waals surface area contributed by atoms with E-state index < -0.39 is 47.6 Å². The van der Waals surface area contributed by atoms with E-state index in [9.17, 15) is 28.0 Å². The molecule has 4 atom stereocenters. The fraction of sp³-hybridized carbons (Fsp3) is 0.500. The molecule has 0 spiro atoms. The van der Waals surface area contributed by atoms with E-state index in [1.54, 1.807) is 18.2 Å². The number of hydrogen-bond donors (Lipinski definition) is 2. The predicted octanol–water partition coefficient (Wildman–Crippen LogP) is 7.37. The standard InChI is InChI=1S/C50H62F2N6O7/c1-9-43(59)56-25-35(26-56)64-27-39(29(3)4)47(60)54-41-21-31-19-33(22-34(20-31)46(51)52)32-15-16-42-37(23-32)38(45(57(42)10-2)36-13-11-17-53-44(36)30(5)63-8)24-50(6,7)28-65-49(62)40-14-12-18-58(55-40)48(41)61/h9,11,13,15-17,19-20,22-23,29-30,35,39-41,46,55H,1,10,12,14,18,21,24-28H2,2-8H3,(H,54,60)/t30-,39?,40-,41-/m0/s1. The molecule has 2 saturated heterocycles. The van der Waals surface area contributed by atoms with Gasteiger partial charge in [-0.2, -0.15) is 0 Å². The minimum absolute atomic E-state index is 0.0435. The van der Waals surface area contributed by atoms with Gasteiger partial charge in [-0.1, -0.05) is 52.5 Å². The molecule has 6 bridgehead atoms. The van der Waals surface area contributed by atoms with Crippen LogP contribution in [-0.2, 0) is 52.8 Å². The number of fused-ring (bicyclic) bond motifs is 6. The van der Waals surface area contributed by atoms with Gasteiger partial charge in [-0.25, -0.2) is 14.2 Å². The Labute approximate surface area is 379 Å². The summed E-state index contributed by atoms with van der Waals surface area (Å²) in [7, 11) is 1.65. The number of nitrogens with zero attached hydrogens (tertiary/aromatic N) is 4. The average molecular weight is 897 g/mol. The molecule has 15 heteroatoms. The van der Waals surface area contributed by atoms with Crippen molar-refractivity contribution in [1.29, 1.82) is 0 Å². The maximum Gasteiger partial charge on any atom is 0.324 e. The highest BCUT2D eigenvalue weighted by molar-refractivity contribution is 5.95. The van der Waals surface area contributed by atoms with Gasteiger partial charge >= 0.3 is 5.97 Å². The zero-order valence-electron chi connectivity index (χ0n) is 38.5. The Hall–Kier alpha value is -5.51. The Balaban J connectivity index is 1.33. The average Bonchev–Trinajstić information content (AvgIpc) is 3.58. The van der Waals surface area contributed by atoms with Crippen molar-refractivity contribution in [2.75, 3.05) is 40.0 Å². The van der Waals surface area contributed by atoms with Crippen molar-refractivity contribution in [3.05, 3.63) is 89.8 Å². The quantitative estimate of drug-likeness (QED) is 0.110. The smallest absolute Gasteiger partial charge is 0.324 e. The molecule has 0 saturated carbocycles. The lowest BCUT2D eigenvalue weighted by Gasteiger charge is -2.39. The second-order valence-corrected chi connectivity index (χ2v) is 18.7. The number of methoxy groups -OCH3 is 1. The molecule has 7 rings (SSSR count). The van der Waals surface area contributed by atoms with Gasteiger partial charge in [0.2, 0.25) is 11.8 Å². The minimum atomic E-state index is -2.82. The number of cyclic esters (lactones) is 1. The second-order valence-electron chi connectivity index (χ2n) is 18.7. The molecular weight excluding hydrogens is 835 g/mol. The number of likely N-dealkylation sites (tertiary alicyclic amines) is 1. The first-order chi connectivity index (χ1) is 31.0. The summed E-state index contributed by atoms with van der Waals surface area (Å²) in [6.07, 6.45) is 0.876. The molecule has 0 aliphatic carbocycles. The van der Waals surface area contributed by atoms with Gasteiger partial charge in [-0.05, 0) is 97.7 Å². The van der Waals surface area contributed by atoms with Crippen LogP contribution in [0.2, 0.25) is 0 Å². The molecule has 2 fully saturated rings. The number of hydrogen-bond acceptors (Lipinski definition) is 9. The Morgan fingerprint density at radius 3 is 2.55 bits per heavy atom. The highest BCUT2D eigenvalue weighted by Crippen LogP contribution is 2.42. The van der Waals surface area contributed by atoms with Crippen molar-refractivity contribution < 1.29 is 42.2 Å². The summed E-state index contributed by atoms with van der Waals surface area (Å²) in [6, 6.07) is 12.5. The lowest BCUT2D eigenvalue weighted by molar-refractivity contribution is -0.155. The van der Waals surface area contributed by atoms with Crippen LogP contribution < -0.4 is 10.7 Å². The van der Waals surface area contributed by atoms with Gasteiger partial charge in [0.1, 0.15) is 12.1 Å². The van der Waals surface area contributed by atoms with Gasteiger partial charge in [-0.15, -0.1) is 0 Å². The van der Waals surface area contributed by atoms with Crippen LogP contribution >= 0.6 is 0 Å². The third-order valence-corrected chi connectivity index (χ3v) is 13.0. The Bertz CT molecular complexity index is 2430. The van der Waals surface area contributed by atoms with Gasteiger partial charge in [-0.3, -0.25) is 29.2 Å². The van der Waals surface area contributed by atoms with E-state index in [0.29, 0.717) is 55.6 Å². The maximum absolute atomic E-state index is 14.9. The Morgan fingerprint density at radius 2 is 1.86 bits per heavy atom.